The minimum absolute atomic E-state index is 0. The number of hydrogen-bond acceptors (Lipinski definition) is 5. The molecule has 0 aliphatic carbocycles. The van der Waals surface area contributed by atoms with Crippen LogP contribution in [0.4, 0.5) is 0 Å². The van der Waals surface area contributed by atoms with Crippen molar-refractivity contribution >= 4 is 29.9 Å². The Bertz CT molecular complexity index is 715. The first kappa shape index (κ1) is 27.1. The van der Waals surface area contributed by atoms with E-state index in [9.17, 15) is 0 Å². The van der Waals surface area contributed by atoms with Crippen LogP contribution < -0.4 is 15.4 Å². The van der Waals surface area contributed by atoms with Crippen LogP contribution in [-0.2, 0) is 22.6 Å². The first-order chi connectivity index (χ1) is 14.8. The largest absolute Gasteiger partial charge is 0.487 e. The zero-order chi connectivity index (χ0) is 21.3. The average Bonchev–Trinajstić information content (AvgIpc) is 2.80. The molecule has 0 spiro atoms. The Morgan fingerprint density at radius 3 is 2.42 bits per heavy atom. The van der Waals surface area contributed by atoms with Gasteiger partial charge in [-0.2, -0.15) is 0 Å². The van der Waals surface area contributed by atoms with E-state index in [0.29, 0.717) is 39.5 Å². The van der Waals surface area contributed by atoms with Crippen molar-refractivity contribution in [1.82, 2.24) is 15.6 Å². The number of guanidine groups is 1. The molecule has 31 heavy (non-hydrogen) atoms. The lowest BCUT2D eigenvalue weighted by molar-refractivity contribution is 0.0487. The highest BCUT2D eigenvalue weighted by Gasteiger charge is 2.00. The van der Waals surface area contributed by atoms with E-state index in [-0.39, 0.29) is 24.0 Å². The van der Waals surface area contributed by atoms with E-state index >= 15 is 0 Å². The Balaban J connectivity index is 0.00000480. The molecular formula is C23H35IN4O3. The van der Waals surface area contributed by atoms with E-state index in [1.54, 1.807) is 13.2 Å². The number of nitrogens with one attached hydrogen (secondary N) is 2. The van der Waals surface area contributed by atoms with Gasteiger partial charge in [0.15, 0.2) is 5.96 Å². The molecule has 0 aliphatic rings. The lowest BCUT2D eigenvalue weighted by atomic mass is 10.2. The first-order valence-corrected chi connectivity index (χ1v) is 10.5. The molecular weight excluding hydrogens is 507 g/mol. The Labute approximate surface area is 203 Å². The summed E-state index contributed by atoms with van der Waals surface area (Å²) in [6.45, 7) is 6.66. The highest BCUT2D eigenvalue weighted by molar-refractivity contribution is 14.0. The number of aliphatic imine (C=N–C) groups is 1. The third-order valence-corrected chi connectivity index (χ3v) is 4.27. The molecule has 0 bridgehead atoms. The van der Waals surface area contributed by atoms with Crippen molar-refractivity contribution in [1.29, 1.82) is 0 Å². The number of rotatable bonds is 14. The normalized spacial score (nSPS) is 11.0. The first-order valence-electron chi connectivity index (χ1n) is 10.5. The van der Waals surface area contributed by atoms with Crippen LogP contribution in [0.3, 0.4) is 0 Å². The second-order valence-corrected chi connectivity index (χ2v) is 6.68. The molecule has 0 saturated heterocycles. The van der Waals surface area contributed by atoms with Gasteiger partial charge in [-0.25, -0.2) is 0 Å². The van der Waals surface area contributed by atoms with Crippen LogP contribution in [-0.4, -0.2) is 51.0 Å². The number of unbranched alkanes of at least 4 members (excludes halogenated alkanes) is 1. The van der Waals surface area contributed by atoms with E-state index in [4.69, 9.17) is 14.2 Å². The van der Waals surface area contributed by atoms with Gasteiger partial charge in [0, 0.05) is 32.9 Å². The van der Waals surface area contributed by atoms with E-state index in [2.05, 4.69) is 27.5 Å². The fourth-order valence-electron chi connectivity index (χ4n) is 2.56. The fourth-order valence-corrected chi connectivity index (χ4v) is 2.56. The lowest BCUT2D eigenvalue weighted by Crippen LogP contribution is -2.38. The smallest absolute Gasteiger partial charge is 0.191 e. The molecule has 0 fully saturated rings. The standard InChI is InChI=1S/C23H34N4O3.HI/c1-3-4-14-28-16-17-29-15-13-26-23(24-2)27-18-20-8-10-22(11-9-20)30-19-21-7-5-6-12-25-21;/h5-12H,3-4,13-19H2,1-2H3,(H2,24,26,27);1H. The van der Waals surface area contributed by atoms with Crippen molar-refractivity contribution in [2.75, 3.05) is 40.0 Å². The van der Waals surface area contributed by atoms with Crippen molar-refractivity contribution < 1.29 is 14.2 Å². The van der Waals surface area contributed by atoms with Crippen molar-refractivity contribution in [3.63, 3.8) is 0 Å². The molecule has 8 heteroatoms. The average molecular weight is 542 g/mol. The topological polar surface area (TPSA) is 77.0 Å². The molecule has 1 heterocycles. The van der Waals surface area contributed by atoms with Gasteiger partial charge in [0.1, 0.15) is 12.4 Å². The minimum Gasteiger partial charge on any atom is -0.487 e. The third kappa shape index (κ3) is 12.5. The number of pyridine rings is 1. The Morgan fingerprint density at radius 2 is 1.74 bits per heavy atom. The maximum Gasteiger partial charge on any atom is 0.191 e. The highest BCUT2D eigenvalue weighted by Crippen LogP contribution is 2.13. The number of halogens is 1. The van der Waals surface area contributed by atoms with Crippen molar-refractivity contribution in [2.45, 2.75) is 32.9 Å². The predicted octanol–water partition coefficient (Wildman–Crippen LogP) is 3.78. The quantitative estimate of drug-likeness (QED) is 0.164. The molecule has 0 atom stereocenters. The second-order valence-electron chi connectivity index (χ2n) is 6.68. The Hall–Kier alpha value is -1.91. The molecule has 0 amide bonds. The predicted molar refractivity (Wildman–Crippen MR) is 135 cm³/mol. The molecule has 2 N–H and O–H groups in total. The minimum atomic E-state index is 0. The van der Waals surface area contributed by atoms with Gasteiger partial charge < -0.3 is 24.8 Å². The van der Waals surface area contributed by atoms with E-state index in [1.165, 1.54) is 0 Å². The van der Waals surface area contributed by atoms with Gasteiger partial charge in [-0.05, 0) is 36.2 Å². The summed E-state index contributed by atoms with van der Waals surface area (Å²) in [6, 6.07) is 13.8. The van der Waals surface area contributed by atoms with Crippen LogP contribution in [0.1, 0.15) is 31.0 Å². The van der Waals surface area contributed by atoms with Crippen LogP contribution in [0.5, 0.6) is 5.75 Å². The van der Waals surface area contributed by atoms with Gasteiger partial charge in [0.05, 0.1) is 25.5 Å². The summed E-state index contributed by atoms with van der Waals surface area (Å²) in [5, 5.41) is 6.54. The van der Waals surface area contributed by atoms with Crippen LogP contribution in [0.15, 0.2) is 53.7 Å². The van der Waals surface area contributed by atoms with Gasteiger partial charge in [-0.15, -0.1) is 24.0 Å². The van der Waals surface area contributed by atoms with Gasteiger partial charge in [-0.3, -0.25) is 9.98 Å². The van der Waals surface area contributed by atoms with Crippen LogP contribution in [0.25, 0.3) is 0 Å². The second kappa shape index (κ2) is 17.7. The molecule has 0 saturated carbocycles. The summed E-state index contributed by atoms with van der Waals surface area (Å²) in [6.07, 6.45) is 4.02. The van der Waals surface area contributed by atoms with E-state index in [0.717, 1.165) is 42.4 Å². The van der Waals surface area contributed by atoms with Gasteiger partial charge in [0.25, 0.3) is 0 Å². The number of hydrogen-bond donors (Lipinski definition) is 2. The Morgan fingerprint density at radius 1 is 0.968 bits per heavy atom. The maximum absolute atomic E-state index is 5.76. The zero-order valence-corrected chi connectivity index (χ0v) is 20.8. The van der Waals surface area contributed by atoms with E-state index in [1.807, 2.05) is 42.5 Å². The molecule has 0 unspecified atom stereocenters. The molecule has 7 nitrogen and oxygen atoms in total. The SMILES string of the molecule is CCCCOCCOCCNC(=NC)NCc1ccc(OCc2ccccn2)cc1.I. The van der Waals surface area contributed by atoms with Crippen LogP contribution in [0, 0.1) is 0 Å². The number of aromatic nitrogens is 1. The van der Waals surface area contributed by atoms with E-state index < -0.39 is 0 Å². The third-order valence-electron chi connectivity index (χ3n) is 4.27. The number of ether oxygens (including phenoxy) is 3. The summed E-state index contributed by atoms with van der Waals surface area (Å²) in [4.78, 5) is 8.49. The van der Waals surface area contributed by atoms with Gasteiger partial charge in [-0.1, -0.05) is 31.5 Å². The van der Waals surface area contributed by atoms with Gasteiger partial charge in [0.2, 0.25) is 0 Å². The lowest BCUT2D eigenvalue weighted by Gasteiger charge is -2.13. The summed E-state index contributed by atoms with van der Waals surface area (Å²) < 4.78 is 16.8. The molecule has 2 rings (SSSR count). The van der Waals surface area contributed by atoms with Crippen molar-refractivity contribution in [2.24, 2.45) is 4.99 Å². The summed E-state index contributed by atoms with van der Waals surface area (Å²) in [5.74, 6) is 1.57. The Kier molecular flexibility index (Phi) is 15.5. The monoisotopic (exact) mass is 542 g/mol. The zero-order valence-electron chi connectivity index (χ0n) is 18.5. The summed E-state index contributed by atoms with van der Waals surface area (Å²) >= 11 is 0. The fraction of sp³-hybridized carbons (Fsp3) is 0.478. The summed E-state index contributed by atoms with van der Waals surface area (Å²) in [7, 11) is 1.76. The number of nitrogens with zero attached hydrogens (tertiary/aromatic N) is 2. The molecule has 2 aromatic rings. The van der Waals surface area contributed by atoms with Crippen molar-refractivity contribution in [3.8, 4) is 5.75 Å². The van der Waals surface area contributed by atoms with Gasteiger partial charge >= 0.3 is 0 Å². The maximum atomic E-state index is 5.76. The molecule has 1 aromatic carbocycles. The van der Waals surface area contributed by atoms with Crippen LogP contribution in [0.2, 0.25) is 0 Å². The summed E-state index contributed by atoms with van der Waals surface area (Å²) in [5.41, 5.74) is 2.05. The molecule has 0 radical (unpaired) electrons. The highest BCUT2D eigenvalue weighted by atomic mass is 127. The van der Waals surface area contributed by atoms with Crippen molar-refractivity contribution in [3.05, 3.63) is 59.9 Å². The number of benzene rings is 1. The molecule has 172 valence electrons. The van der Waals surface area contributed by atoms with Crippen LogP contribution >= 0.6 is 24.0 Å². The molecule has 0 aliphatic heterocycles. The molecule has 1 aromatic heterocycles.